The Bertz CT molecular complexity index is 1340. The fourth-order valence-corrected chi connectivity index (χ4v) is 3.95. The largest absolute Gasteiger partial charge is 0.320 e. The lowest BCUT2D eigenvalue weighted by atomic mass is 10.2. The van der Waals surface area contributed by atoms with Crippen molar-refractivity contribution in [2.45, 2.75) is 4.90 Å². The summed E-state index contributed by atoms with van der Waals surface area (Å²) in [5, 5.41) is 2.66. The Morgan fingerprint density at radius 3 is 2.03 bits per heavy atom. The average molecular weight is 448 g/mol. The number of hydrogen-bond acceptors (Lipinski definition) is 5. The van der Waals surface area contributed by atoms with Gasteiger partial charge in [-0.25, -0.2) is 22.8 Å². The number of benzene rings is 3. The number of aromatic nitrogens is 2. The van der Waals surface area contributed by atoms with Gasteiger partial charge in [0.05, 0.1) is 21.8 Å². The Morgan fingerprint density at radius 1 is 0.781 bits per heavy atom. The highest BCUT2D eigenvalue weighted by Gasteiger charge is 2.17. The molecule has 0 radical (unpaired) electrons. The van der Waals surface area contributed by atoms with Gasteiger partial charge in [0.2, 0.25) is 0 Å². The lowest BCUT2D eigenvalue weighted by Gasteiger charge is -2.13. The van der Waals surface area contributed by atoms with Crippen molar-refractivity contribution in [2.24, 2.45) is 0 Å². The van der Waals surface area contributed by atoms with E-state index in [9.17, 15) is 17.6 Å². The minimum Gasteiger partial charge on any atom is -0.320 e. The molecule has 1 amide bonds. The van der Waals surface area contributed by atoms with E-state index >= 15 is 0 Å². The third kappa shape index (κ3) is 4.79. The summed E-state index contributed by atoms with van der Waals surface area (Å²) in [6.45, 7) is 0. The van der Waals surface area contributed by atoms with Crippen LogP contribution < -0.4 is 10.0 Å². The van der Waals surface area contributed by atoms with Crippen LogP contribution in [0.15, 0.2) is 96.2 Å². The summed E-state index contributed by atoms with van der Waals surface area (Å²) in [4.78, 5) is 21.0. The van der Waals surface area contributed by atoms with Gasteiger partial charge in [-0.2, -0.15) is 0 Å². The highest BCUT2D eigenvalue weighted by molar-refractivity contribution is 7.92. The van der Waals surface area contributed by atoms with Gasteiger partial charge in [0.1, 0.15) is 5.82 Å². The molecule has 0 aliphatic heterocycles. The van der Waals surface area contributed by atoms with Gasteiger partial charge >= 0.3 is 0 Å². The molecular weight excluding hydrogens is 431 g/mol. The highest BCUT2D eigenvalue weighted by Crippen LogP contribution is 2.25. The summed E-state index contributed by atoms with van der Waals surface area (Å²) in [7, 11) is -3.98. The van der Waals surface area contributed by atoms with Crippen LogP contribution >= 0.6 is 0 Å². The third-order valence-corrected chi connectivity index (χ3v) is 5.87. The SMILES string of the molecule is O=C(Nc1ccccc1NS(=O)(=O)c1ccc(F)cc1)c1cnc(-c2ccccc2)nc1. The van der Waals surface area contributed by atoms with Crippen LogP contribution in [0.5, 0.6) is 0 Å². The normalized spacial score (nSPS) is 11.0. The molecule has 0 saturated carbocycles. The lowest BCUT2D eigenvalue weighted by molar-refractivity contribution is 0.102. The molecule has 0 bridgehead atoms. The molecule has 0 spiro atoms. The van der Waals surface area contributed by atoms with Crippen molar-refractivity contribution in [1.29, 1.82) is 0 Å². The number of nitrogens with zero attached hydrogens (tertiary/aromatic N) is 2. The Hall–Kier alpha value is -4.11. The predicted octanol–water partition coefficient (Wildman–Crippen LogP) is 4.34. The molecule has 4 aromatic rings. The molecule has 1 heterocycles. The number of amides is 1. The first kappa shape index (κ1) is 21.1. The molecule has 160 valence electrons. The number of nitrogens with one attached hydrogen (secondary N) is 2. The van der Waals surface area contributed by atoms with Gasteiger partial charge in [-0.1, -0.05) is 42.5 Å². The Kier molecular flexibility index (Phi) is 5.91. The quantitative estimate of drug-likeness (QED) is 0.457. The van der Waals surface area contributed by atoms with Crippen LogP contribution in [0.25, 0.3) is 11.4 Å². The first-order valence-electron chi connectivity index (χ1n) is 9.49. The predicted molar refractivity (Wildman–Crippen MR) is 119 cm³/mol. The first-order chi connectivity index (χ1) is 15.4. The van der Waals surface area contributed by atoms with E-state index in [-0.39, 0.29) is 21.8 Å². The molecular formula is C23H17FN4O3S. The van der Waals surface area contributed by atoms with Crippen LogP contribution in [-0.2, 0) is 10.0 Å². The fourth-order valence-electron chi connectivity index (χ4n) is 2.87. The fraction of sp³-hybridized carbons (Fsp3) is 0. The van der Waals surface area contributed by atoms with E-state index in [1.165, 1.54) is 18.5 Å². The van der Waals surface area contributed by atoms with Gasteiger partial charge in [-0.05, 0) is 36.4 Å². The van der Waals surface area contributed by atoms with E-state index in [1.54, 1.807) is 18.2 Å². The molecule has 0 saturated heterocycles. The van der Waals surface area contributed by atoms with Crippen LogP contribution in [-0.4, -0.2) is 24.3 Å². The summed E-state index contributed by atoms with van der Waals surface area (Å²) < 4.78 is 40.8. The van der Waals surface area contributed by atoms with Crippen LogP contribution in [0.3, 0.4) is 0 Å². The zero-order chi connectivity index (χ0) is 22.6. The summed E-state index contributed by atoms with van der Waals surface area (Å²) in [6.07, 6.45) is 2.80. The second-order valence-corrected chi connectivity index (χ2v) is 8.40. The number of para-hydroxylation sites is 2. The lowest BCUT2D eigenvalue weighted by Crippen LogP contribution is -2.17. The van der Waals surface area contributed by atoms with Gasteiger partial charge < -0.3 is 5.32 Å². The molecule has 4 rings (SSSR count). The maximum Gasteiger partial charge on any atom is 0.261 e. The van der Waals surface area contributed by atoms with Crippen molar-refractivity contribution < 1.29 is 17.6 Å². The Labute approximate surface area is 184 Å². The summed E-state index contributed by atoms with van der Waals surface area (Å²) in [5.74, 6) is -0.565. The van der Waals surface area contributed by atoms with Crippen molar-refractivity contribution in [3.8, 4) is 11.4 Å². The maximum absolute atomic E-state index is 13.1. The second kappa shape index (κ2) is 8.94. The molecule has 3 aromatic carbocycles. The Morgan fingerprint density at radius 2 is 1.38 bits per heavy atom. The third-order valence-electron chi connectivity index (χ3n) is 4.49. The van der Waals surface area contributed by atoms with Crippen molar-refractivity contribution >= 4 is 27.3 Å². The average Bonchev–Trinajstić information content (AvgIpc) is 2.81. The molecule has 7 nitrogen and oxygen atoms in total. The summed E-state index contributed by atoms with van der Waals surface area (Å²) in [5.41, 5.74) is 1.43. The van der Waals surface area contributed by atoms with E-state index < -0.39 is 21.7 Å². The van der Waals surface area contributed by atoms with Crippen LogP contribution in [0.1, 0.15) is 10.4 Å². The second-order valence-electron chi connectivity index (χ2n) is 6.72. The zero-order valence-electron chi connectivity index (χ0n) is 16.6. The van der Waals surface area contributed by atoms with E-state index in [0.29, 0.717) is 5.82 Å². The molecule has 9 heteroatoms. The summed E-state index contributed by atoms with van der Waals surface area (Å²) >= 11 is 0. The molecule has 2 N–H and O–H groups in total. The molecule has 0 aliphatic carbocycles. The van der Waals surface area contributed by atoms with E-state index in [1.807, 2.05) is 30.3 Å². The number of halogens is 1. The zero-order valence-corrected chi connectivity index (χ0v) is 17.4. The number of carbonyl (C=O) groups excluding carboxylic acids is 1. The van der Waals surface area contributed by atoms with Crippen molar-refractivity contribution in [2.75, 3.05) is 10.0 Å². The van der Waals surface area contributed by atoms with Gasteiger partial charge in [0, 0.05) is 18.0 Å². The number of hydrogen-bond donors (Lipinski definition) is 2. The van der Waals surface area contributed by atoms with Crippen LogP contribution in [0.4, 0.5) is 15.8 Å². The number of sulfonamides is 1. The van der Waals surface area contributed by atoms with E-state index in [2.05, 4.69) is 20.0 Å². The van der Waals surface area contributed by atoms with E-state index in [4.69, 9.17) is 0 Å². The minimum atomic E-state index is -3.98. The number of rotatable bonds is 6. The van der Waals surface area contributed by atoms with Crippen LogP contribution in [0.2, 0.25) is 0 Å². The van der Waals surface area contributed by atoms with Crippen LogP contribution in [0, 0.1) is 5.82 Å². The highest BCUT2D eigenvalue weighted by atomic mass is 32.2. The maximum atomic E-state index is 13.1. The van der Waals surface area contributed by atoms with Crippen molar-refractivity contribution in [3.63, 3.8) is 0 Å². The topological polar surface area (TPSA) is 101 Å². The molecule has 0 atom stereocenters. The standard InChI is InChI=1S/C23H17FN4O3S/c24-18-10-12-19(13-11-18)32(30,31)28-21-9-5-4-8-20(21)27-23(29)17-14-25-22(26-15-17)16-6-2-1-3-7-16/h1-15,28H,(H,27,29). The van der Waals surface area contributed by atoms with Gasteiger partial charge in [0.15, 0.2) is 5.82 Å². The molecule has 0 unspecified atom stereocenters. The van der Waals surface area contributed by atoms with Gasteiger partial charge in [-0.3, -0.25) is 9.52 Å². The smallest absolute Gasteiger partial charge is 0.261 e. The molecule has 0 aliphatic rings. The molecule has 0 fully saturated rings. The molecule has 32 heavy (non-hydrogen) atoms. The van der Waals surface area contributed by atoms with Gasteiger partial charge in [0.25, 0.3) is 15.9 Å². The van der Waals surface area contributed by atoms with Gasteiger partial charge in [-0.15, -0.1) is 0 Å². The van der Waals surface area contributed by atoms with Crippen molar-refractivity contribution in [3.05, 3.63) is 103 Å². The Balaban J connectivity index is 1.53. The monoisotopic (exact) mass is 448 g/mol. The first-order valence-corrected chi connectivity index (χ1v) is 11.0. The molecule has 1 aromatic heterocycles. The number of anilines is 2. The number of carbonyl (C=O) groups is 1. The minimum absolute atomic E-state index is 0.107. The van der Waals surface area contributed by atoms with E-state index in [0.717, 1.165) is 29.8 Å². The van der Waals surface area contributed by atoms with Crippen molar-refractivity contribution in [1.82, 2.24) is 9.97 Å². The summed E-state index contributed by atoms with van der Waals surface area (Å²) in [6, 6.07) is 20.1.